The highest BCUT2D eigenvalue weighted by Crippen LogP contribution is 2.45. The summed E-state index contributed by atoms with van der Waals surface area (Å²) in [6.45, 7) is 7.93. The number of aromatic nitrogens is 3. The maximum absolute atomic E-state index is 11.0. The van der Waals surface area contributed by atoms with E-state index >= 15 is 0 Å². The van der Waals surface area contributed by atoms with Crippen LogP contribution in [0.15, 0.2) is 170 Å². The molecule has 0 aliphatic rings. The molecule has 11 rings (SSSR count). The molecule has 3 aromatic heterocycles. The molecule has 57 heavy (non-hydrogen) atoms. The van der Waals surface area contributed by atoms with Crippen molar-refractivity contribution in [1.82, 2.24) is 13.7 Å². The van der Waals surface area contributed by atoms with E-state index in [-0.39, 0.29) is 0 Å². The summed E-state index contributed by atoms with van der Waals surface area (Å²) < 4.78 is 6.82. The van der Waals surface area contributed by atoms with Crippen LogP contribution in [0.4, 0.5) is 5.69 Å². The van der Waals surface area contributed by atoms with Crippen molar-refractivity contribution in [3.05, 3.63) is 192 Å². The average molecular weight is 725 g/mol. The van der Waals surface area contributed by atoms with Crippen LogP contribution in [-0.4, -0.2) is 13.7 Å². The number of nitriles is 2. The first-order chi connectivity index (χ1) is 28.2. The van der Waals surface area contributed by atoms with Crippen molar-refractivity contribution < 1.29 is 0 Å². The van der Waals surface area contributed by atoms with Crippen molar-refractivity contribution in [2.75, 3.05) is 0 Å². The Morgan fingerprint density at radius 2 is 0.947 bits per heavy atom. The fourth-order valence-corrected chi connectivity index (χ4v) is 8.99. The van der Waals surface area contributed by atoms with Crippen molar-refractivity contribution in [2.24, 2.45) is 0 Å². The summed E-state index contributed by atoms with van der Waals surface area (Å²) >= 11 is 0. The molecule has 262 valence electrons. The number of rotatable bonds is 4. The molecule has 0 radical (unpaired) electrons. The molecule has 0 saturated carbocycles. The first-order valence-electron chi connectivity index (χ1n) is 18.7. The number of nitrogens with zero attached hydrogens (tertiary/aromatic N) is 6. The van der Waals surface area contributed by atoms with Gasteiger partial charge in [0.05, 0.1) is 73.9 Å². The Morgan fingerprint density at radius 3 is 1.65 bits per heavy atom. The summed E-state index contributed by atoms with van der Waals surface area (Å²) in [5.41, 5.74) is 12.1. The van der Waals surface area contributed by atoms with Gasteiger partial charge in [0, 0.05) is 38.1 Å². The van der Waals surface area contributed by atoms with Gasteiger partial charge < -0.3 is 13.7 Å². The summed E-state index contributed by atoms with van der Waals surface area (Å²) in [4.78, 5) is 3.82. The van der Waals surface area contributed by atoms with Crippen molar-refractivity contribution in [3.8, 4) is 40.3 Å². The fourth-order valence-electron chi connectivity index (χ4n) is 8.99. The number of fused-ring (bicyclic) bond motifs is 9. The SMILES string of the molecule is [C-]#[N+]c1ccc2c(c1)c1cccc(-n3c4ccccc4c4cc(C#N)ccc43)c1n2-c1c(C#N)cccc1-c1ccccc1-n1c2ccccc2c2ccccc21. The maximum atomic E-state index is 11.0. The van der Waals surface area contributed by atoms with Crippen molar-refractivity contribution in [2.45, 2.75) is 0 Å². The molecule has 0 saturated heterocycles. The minimum absolute atomic E-state index is 0.522. The van der Waals surface area contributed by atoms with Gasteiger partial charge in [-0.1, -0.05) is 103 Å². The van der Waals surface area contributed by atoms with Gasteiger partial charge in [0.1, 0.15) is 6.07 Å². The van der Waals surface area contributed by atoms with Crippen LogP contribution in [0.1, 0.15) is 11.1 Å². The standard InChI is InChI=1S/C51H28N6/c1-54-34-25-27-48-42(29-34)40-18-11-23-49(56-46-22-9-5-16-38(46)41-28-32(30-52)24-26-47(41)56)51(40)57(48)50-33(31-53)12-10-17-39(50)37-15-4-8-21-45(37)55-43-19-6-2-13-35(43)36-14-3-7-20-44(36)55/h2-29H. The summed E-state index contributed by atoms with van der Waals surface area (Å²) in [5, 5.41) is 27.1. The fraction of sp³-hybridized carbons (Fsp3) is 0. The van der Waals surface area contributed by atoms with Gasteiger partial charge in [0.25, 0.3) is 0 Å². The Bertz CT molecular complexity index is 3580. The van der Waals surface area contributed by atoms with Crippen LogP contribution in [0.5, 0.6) is 0 Å². The van der Waals surface area contributed by atoms with Gasteiger partial charge in [-0.05, 0) is 72.1 Å². The van der Waals surface area contributed by atoms with Crippen LogP contribution in [0.2, 0.25) is 0 Å². The van der Waals surface area contributed by atoms with Gasteiger partial charge in [0.2, 0.25) is 0 Å². The lowest BCUT2D eigenvalue weighted by Crippen LogP contribution is -2.05. The predicted octanol–water partition coefficient (Wildman–Crippen LogP) is 12.9. The lowest BCUT2D eigenvalue weighted by Gasteiger charge is -2.20. The van der Waals surface area contributed by atoms with E-state index in [1.165, 1.54) is 10.8 Å². The van der Waals surface area contributed by atoms with Crippen LogP contribution in [0.25, 0.3) is 98.5 Å². The van der Waals surface area contributed by atoms with E-state index < -0.39 is 0 Å². The van der Waals surface area contributed by atoms with Crippen molar-refractivity contribution >= 4 is 71.1 Å². The van der Waals surface area contributed by atoms with Crippen LogP contribution in [-0.2, 0) is 0 Å². The van der Waals surface area contributed by atoms with E-state index in [2.05, 4.69) is 140 Å². The third kappa shape index (κ3) is 4.55. The van der Waals surface area contributed by atoms with Gasteiger partial charge in [0.15, 0.2) is 5.69 Å². The Morgan fingerprint density at radius 1 is 0.421 bits per heavy atom. The maximum Gasteiger partial charge on any atom is 0.188 e. The van der Waals surface area contributed by atoms with E-state index in [1.54, 1.807) is 0 Å². The quantitative estimate of drug-likeness (QED) is 0.170. The summed E-state index contributed by atoms with van der Waals surface area (Å²) in [6.07, 6.45) is 0. The summed E-state index contributed by atoms with van der Waals surface area (Å²) in [6, 6.07) is 62.5. The zero-order valence-electron chi connectivity index (χ0n) is 30.3. The molecule has 0 aliphatic carbocycles. The normalized spacial score (nSPS) is 11.5. The predicted molar refractivity (Wildman–Crippen MR) is 231 cm³/mol. The molecule has 0 bridgehead atoms. The number of hydrogen-bond donors (Lipinski definition) is 0. The second kappa shape index (κ2) is 12.3. The van der Waals surface area contributed by atoms with Crippen molar-refractivity contribution in [3.63, 3.8) is 0 Å². The molecule has 0 N–H and O–H groups in total. The first-order valence-corrected chi connectivity index (χ1v) is 18.7. The second-order valence-electron chi connectivity index (χ2n) is 14.2. The molecule has 6 heteroatoms. The Hall–Kier alpha value is -8.37. The first kappa shape index (κ1) is 32.1. The van der Waals surface area contributed by atoms with Crippen LogP contribution in [0.3, 0.4) is 0 Å². The van der Waals surface area contributed by atoms with Crippen LogP contribution < -0.4 is 0 Å². The lowest BCUT2D eigenvalue weighted by molar-refractivity contribution is 1.12. The highest BCUT2D eigenvalue weighted by atomic mass is 15.1. The molecular weight excluding hydrogens is 697 g/mol. The number of hydrogen-bond acceptors (Lipinski definition) is 2. The molecular formula is C51H28N6. The topological polar surface area (TPSA) is 66.7 Å². The summed E-state index contributed by atoms with van der Waals surface area (Å²) in [7, 11) is 0. The van der Waals surface area contributed by atoms with Crippen LogP contribution >= 0.6 is 0 Å². The molecule has 0 unspecified atom stereocenters. The molecule has 6 nitrogen and oxygen atoms in total. The van der Waals surface area contributed by atoms with Gasteiger partial charge in [-0.3, -0.25) is 0 Å². The van der Waals surface area contributed by atoms with E-state index in [0.29, 0.717) is 16.8 Å². The molecule has 0 spiro atoms. The summed E-state index contributed by atoms with van der Waals surface area (Å²) in [5.74, 6) is 0. The van der Waals surface area contributed by atoms with Gasteiger partial charge >= 0.3 is 0 Å². The highest BCUT2D eigenvalue weighted by Gasteiger charge is 2.25. The lowest BCUT2D eigenvalue weighted by atomic mass is 9.98. The third-order valence-corrected chi connectivity index (χ3v) is 11.3. The van der Waals surface area contributed by atoms with Gasteiger partial charge in [-0.25, -0.2) is 4.85 Å². The Kier molecular flexibility index (Phi) is 6.95. The Balaban J connectivity index is 1.30. The minimum atomic E-state index is 0.522. The smallest absolute Gasteiger partial charge is 0.188 e. The molecule has 11 aromatic rings. The molecule has 0 fully saturated rings. The molecule has 0 aliphatic heterocycles. The van der Waals surface area contributed by atoms with E-state index in [4.69, 9.17) is 6.57 Å². The van der Waals surface area contributed by atoms with Gasteiger partial charge in [-0.15, -0.1) is 0 Å². The number of benzene rings is 8. The molecule has 0 amide bonds. The second-order valence-corrected chi connectivity index (χ2v) is 14.2. The largest absolute Gasteiger partial charge is 0.309 e. The number of para-hydroxylation sites is 6. The Labute approximate surface area is 326 Å². The molecule has 3 heterocycles. The molecule has 8 aromatic carbocycles. The molecule has 0 atom stereocenters. The van der Waals surface area contributed by atoms with Crippen LogP contribution in [0, 0.1) is 29.2 Å². The average Bonchev–Trinajstić information content (AvgIpc) is 3.91. The van der Waals surface area contributed by atoms with E-state index in [1.807, 2.05) is 60.7 Å². The highest BCUT2D eigenvalue weighted by molar-refractivity contribution is 6.16. The monoisotopic (exact) mass is 724 g/mol. The minimum Gasteiger partial charge on any atom is -0.309 e. The third-order valence-electron chi connectivity index (χ3n) is 11.3. The van der Waals surface area contributed by atoms with E-state index in [0.717, 1.165) is 82.8 Å². The zero-order chi connectivity index (χ0) is 38.2. The van der Waals surface area contributed by atoms with Crippen molar-refractivity contribution in [1.29, 1.82) is 10.5 Å². The zero-order valence-corrected chi connectivity index (χ0v) is 30.3. The van der Waals surface area contributed by atoms with E-state index in [9.17, 15) is 10.5 Å². The van der Waals surface area contributed by atoms with Gasteiger partial charge in [-0.2, -0.15) is 10.5 Å².